The molecule has 2 amide bonds. The molecule has 10 nitrogen and oxygen atoms in total. The highest BCUT2D eigenvalue weighted by atomic mass is 16.2. The van der Waals surface area contributed by atoms with Gasteiger partial charge in [0, 0.05) is 47.5 Å². The van der Waals surface area contributed by atoms with Crippen molar-refractivity contribution in [3.05, 3.63) is 42.1 Å². The molecule has 2 N–H and O–H groups in total. The first-order chi connectivity index (χ1) is 20.3. The number of allylic oxidation sites excluding steroid dienone is 1. The smallest absolute Gasteiger partial charge is 0.314 e. The van der Waals surface area contributed by atoms with Gasteiger partial charge >= 0.3 is 11.8 Å². The van der Waals surface area contributed by atoms with E-state index in [1.165, 1.54) is 22.4 Å². The first kappa shape index (κ1) is 34.0. The summed E-state index contributed by atoms with van der Waals surface area (Å²) < 4.78 is 2.25. The summed E-state index contributed by atoms with van der Waals surface area (Å²) in [5.41, 5.74) is 4.14. The van der Waals surface area contributed by atoms with Crippen molar-refractivity contribution >= 4 is 34.5 Å². The number of anilines is 1. The van der Waals surface area contributed by atoms with Gasteiger partial charge in [0.25, 0.3) is 0 Å². The van der Waals surface area contributed by atoms with E-state index in [0.29, 0.717) is 36.3 Å². The largest absolute Gasteiger partial charge is 0.334 e. The van der Waals surface area contributed by atoms with Crippen molar-refractivity contribution in [1.29, 1.82) is 0 Å². The molecule has 0 aromatic carbocycles. The predicted molar refractivity (Wildman–Crippen MR) is 175 cm³/mol. The molecule has 3 aromatic rings. The van der Waals surface area contributed by atoms with Gasteiger partial charge in [-0.3, -0.25) is 29.3 Å². The van der Waals surface area contributed by atoms with Crippen molar-refractivity contribution in [3.63, 3.8) is 0 Å². The zero-order valence-electron chi connectivity index (χ0n) is 27.9. The Labute approximate surface area is 257 Å². The fourth-order valence-electron chi connectivity index (χ4n) is 5.98. The van der Waals surface area contributed by atoms with Gasteiger partial charge in [-0.15, -0.1) is 0 Å². The molecule has 1 fully saturated rings. The van der Waals surface area contributed by atoms with Crippen LogP contribution in [0.3, 0.4) is 0 Å². The van der Waals surface area contributed by atoms with E-state index in [2.05, 4.69) is 83.2 Å². The lowest BCUT2D eigenvalue weighted by atomic mass is 9.77. The summed E-state index contributed by atoms with van der Waals surface area (Å²) in [6.07, 6.45) is 16.0. The van der Waals surface area contributed by atoms with Crippen molar-refractivity contribution in [1.82, 2.24) is 34.8 Å². The molecule has 5 rings (SSSR count). The number of aromatic amines is 1. The molecule has 4 heterocycles. The predicted octanol–water partition coefficient (Wildman–Crippen LogP) is 6.09. The van der Waals surface area contributed by atoms with E-state index in [1.807, 2.05) is 34.6 Å². The lowest BCUT2D eigenvalue weighted by Gasteiger charge is -2.53. The van der Waals surface area contributed by atoms with Crippen LogP contribution in [-0.2, 0) is 16.0 Å². The standard InChI is InChI=1S/C17H27N3.C14H19N5O2.C2H6/c1-16(2)10-14(11-17(3,4)19(16)5)20-12-13-8-6-7-9-15(13)18-20;1-4-19(8-9(2)3)14(21)13(20)17-11-7-15-5-10-6-16-18-12(10)11;1-2/h6,8,12,14H,7,9-11H2,1-5H3;5-7,9H,4,8H2,1-3H3,(H,16,18)(H,17,20);1-2H3. The van der Waals surface area contributed by atoms with Crippen LogP contribution in [0.1, 0.15) is 98.9 Å². The Hall–Kier alpha value is -3.53. The second-order valence-corrected chi connectivity index (χ2v) is 12.9. The number of hydrogen-bond acceptors (Lipinski definition) is 6. The zero-order chi connectivity index (χ0) is 31.9. The van der Waals surface area contributed by atoms with Crippen molar-refractivity contribution < 1.29 is 9.59 Å². The SMILES string of the molecule is CC.CCN(CC(C)C)C(=O)C(=O)Nc1cncc2cn[nH]c12.CN1C(C)(C)CC(n2cc3c(n2)CCC=C3)CC1(C)C. The van der Waals surface area contributed by atoms with Crippen LogP contribution in [-0.4, -0.2) is 77.8 Å². The lowest BCUT2D eigenvalue weighted by molar-refractivity contribution is -0.143. The number of nitrogens with one attached hydrogen (secondary N) is 2. The first-order valence-corrected chi connectivity index (χ1v) is 15.7. The molecule has 1 aliphatic carbocycles. The van der Waals surface area contributed by atoms with Gasteiger partial charge in [-0.05, 0) is 73.3 Å². The summed E-state index contributed by atoms with van der Waals surface area (Å²) in [4.78, 5) is 32.3. The molecule has 1 saturated heterocycles. The number of pyridine rings is 1. The Morgan fingerprint density at radius 3 is 2.40 bits per heavy atom. The third-order valence-electron chi connectivity index (χ3n) is 8.40. The number of aryl methyl sites for hydroxylation is 1. The van der Waals surface area contributed by atoms with Crippen molar-refractivity contribution in [3.8, 4) is 0 Å². The number of nitrogens with zero attached hydrogens (tertiary/aromatic N) is 6. The average molecular weight is 593 g/mol. The van der Waals surface area contributed by atoms with Gasteiger partial charge in [0.15, 0.2) is 0 Å². The van der Waals surface area contributed by atoms with Crippen LogP contribution in [0.25, 0.3) is 17.0 Å². The second kappa shape index (κ2) is 14.3. The molecule has 2 aliphatic rings. The van der Waals surface area contributed by atoms with Crippen LogP contribution in [0.5, 0.6) is 0 Å². The molecule has 0 unspecified atom stereocenters. The van der Waals surface area contributed by atoms with E-state index >= 15 is 0 Å². The van der Waals surface area contributed by atoms with Crippen LogP contribution in [0.2, 0.25) is 0 Å². The Kier molecular flexibility index (Phi) is 11.3. The van der Waals surface area contributed by atoms with E-state index in [9.17, 15) is 9.59 Å². The van der Waals surface area contributed by atoms with Gasteiger partial charge in [-0.25, -0.2) is 0 Å². The molecule has 0 spiro atoms. The van der Waals surface area contributed by atoms with Crippen molar-refractivity contribution in [2.45, 2.75) is 105 Å². The molecule has 0 saturated carbocycles. The van der Waals surface area contributed by atoms with Gasteiger partial charge < -0.3 is 10.2 Å². The number of piperidine rings is 1. The Morgan fingerprint density at radius 1 is 1.12 bits per heavy atom. The molecule has 43 heavy (non-hydrogen) atoms. The third-order valence-corrected chi connectivity index (χ3v) is 8.40. The molecular formula is C33H52N8O2. The Bertz CT molecular complexity index is 1380. The number of fused-ring (bicyclic) bond motifs is 2. The first-order valence-electron chi connectivity index (χ1n) is 15.7. The highest BCUT2D eigenvalue weighted by molar-refractivity contribution is 6.40. The Balaban J connectivity index is 0.000000223. The van der Waals surface area contributed by atoms with E-state index in [0.717, 1.165) is 31.1 Å². The maximum Gasteiger partial charge on any atom is 0.314 e. The zero-order valence-corrected chi connectivity index (χ0v) is 27.9. The van der Waals surface area contributed by atoms with Gasteiger partial charge in [0.05, 0.1) is 35.3 Å². The second-order valence-electron chi connectivity index (χ2n) is 12.9. The van der Waals surface area contributed by atoms with Gasteiger partial charge in [-0.2, -0.15) is 10.2 Å². The minimum Gasteiger partial charge on any atom is -0.334 e. The van der Waals surface area contributed by atoms with Crippen molar-refractivity contribution in [2.75, 3.05) is 25.5 Å². The molecule has 10 heteroatoms. The van der Waals surface area contributed by atoms with Gasteiger partial charge in [0.2, 0.25) is 0 Å². The van der Waals surface area contributed by atoms with Crippen molar-refractivity contribution in [2.24, 2.45) is 5.92 Å². The number of hydrogen-bond donors (Lipinski definition) is 2. The topological polar surface area (TPSA) is 112 Å². The molecule has 3 aromatic heterocycles. The minimum absolute atomic E-state index is 0.217. The van der Waals surface area contributed by atoms with Crippen LogP contribution in [0, 0.1) is 5.92 Å². The molecular weight excluding hydrogens is 540 g/mol. The van der Waals surface area contributed by atoms with Crippen LogP contribution in [0.4, 0.5) is 5.69 Å². The van der Waals surface area contributed by atoms with E-state index in [-0.39, 0.29) is 11.1 Å². The fraction of sp³-hybridized carbons (Fsp3) is 0.606. The molecule has 0 bridgehead atoms. The lowest BCUT2D eigenvalue weighted by Crippen LogP contribution is -2.58. The molecule has 0 radical (unpaired) electrons. The number of likely N-dealkylation sites (N-methyl/N-ethyl adjacent to an activating group) is 1. The normalized spacial score (nSPS) is 17.4. The van der Waals surface area contributed by atoms with E-state index < -0.39 is 11.8 Å². The van der Waals surface area contributed by atoms with Crippen LogP contribution in [0.15, 0.2) is 30.9 Å². The number of H-pyrrole nitrogens is 1. The minimum atomic E-state index is -0.665. The quantitative estimate of drug-likeness (QED) is 0.347. The summed E-state index contributed by atoms with van der Waals surface area (Å²) >= 11 is 0. The summed E-state index contributed by atoms with van der Waals surface area (Å²) in [5.74, 6) is -0.900. The summed E-state index contributed by atoms with van der Waals surface area (Å²) in [5, 5.41) is 14.9. The summed E-state index contributed by atoms with van der Waals surface area (Å²) in [6, 6.07) is 0.509. The maximum absolute atomic E-state index is 12.2. The van der Waals surface area contributed by atoms with E-state index in [1.54, 1.807) is 12.4 Å². The number of likely N-dealkylation sites (tertiary alicyclic amines) is 1. The average Bonchev–Trinajstić information content (AvgIpc) is 3.63. The highest BCUT2D eigenvalue weighted by Gasteiger charge is 2.44. The van der Waals surface area contributed by atoms with Gasteiger partial charge in [-0.1, -0.05) is 39.8 Å². The monoisotopic (exact) mass is 592 g/mol. The van der Waals surface area contributed by atoms with E-state index in [4.69, 9.17) is 5.10 Å². The van der Waals surface area contributed by atoms with Crippen LogP contribution >= 0.6 is 0 Å². The molecule has 236 valence electrons. The van der Waals surface area contributed by atoms with Gasteiger partial charge in [0.1, 0.15) is 0 Å². The number of rotatable bonds is 5. The number of carbonyl (C=O) groups is 2. The molecule has 1 aliphatic heterocycles. The molecule has 0 atom stereocenters. The number of amides is 2. The number of aromatic nitrogens is 5. The highest BCUT2D eigenvalue weighted by Crippen LogP contribution is 2.42. The number of carbonyl (C=O) groups excluding carboxylic acids is 2. The summed E-state index contributed by atoms with van der Waals surface area (Å²) in [6.45, 7) is 20.3. The maximum atomic E-state index is 12.2. The Morgan fingerprint density at radius 2 is 1.79 bits per heavy atom. The summed E-state index contributed by atoms with van der Waals surface area (Å²) in [7, 11) is 2.26. The third kappa shape index (κ3) is 8.10. The fourth-order valence-corrected chi connectivity index (χ4v) is 5.98. The van der Waals surface area contributed by atoms with Crippen LogP contribution < -0.4 is 5.32 Å².